The van der Waals surface area contributed by atoms with Crippen LogP contribution in [0.5, 0.6) is 0 Å². The van der Waals surface area contributed by atoms with Gasteiger partial charge in [0, 0.05) is 42.2 Å². The molecular formula is C18H22N4OS. The van der Waals surface area contributed by atoms with Crippen molar-refractivity contribution >= 4 is 23.4 Å². The van der Waals surface area contributed by atoms with Crippen molar-refractivity contribution < 1.29 is 4.79 Å². The molecule has 1 amide bonds. The maximum Gasteiger partial charge on any atom is 0.241 e. The molecule has 1 aromatic carbocycles. The second-order valence-electron chi connectivity index (χ2n) is 6.56. The van der Waals surface area contributed by atoms with E-state index >= 15 is 0 Å². The van der Waals surface area contributed by atoms with Crippen LogP contribution in [0.4, 0.5) is 5.69 Å². The molecule has 0 N–H and O–H groups in total. The zero-order valence-electron chi connectivity index (χ0n) is 13.8. The lowest BCUT2D eigenvalue weighted by Crippen LogP contribution is -2.52. The van der Waals surface area contributed by atoms with Crippen molar-refractivity contribution in [1.82, 2.24) is 14.7 Å². The van der Waals surface area contributed by atoms with E-state index in [2.05, 4.69) is 35.1 Å². The summed E-state index contributed by atoms with van der Waals surface area (Å²) in [5.74, 6) is 0.205. The Morgan fingerprint density at radius 3 is 2.92 bits per heavy atom. The summed E-state index contributed by atoms with van der Waals surface area (Å²) in [5, 5.41) is 4.82. The number of fused-ring (bicyclic) bond motifs is 1. The van der Waals surface area contributed by atoms with Gasteiger partial charge in [0.25, 0.3) is 0 Å². The molecule has 2 aliphatic rings. The minimum atomic E-state index is 0.205. The second-order valence-corrected chi connectivity index (χ2v) is 8.04. The van der Waals surface area contributed by atoms with Crippen molar-refractivity contribution in [2.45, 2.75) is 29.5 Å². The van der Waals surface area contributed by atoms with Gasteiger partial charge in [-0.1, -0.05) is 19.1 Å². The van der Waals surface area contributed by atoms with Crippen molar-refractivity contribution in [3.8, 4) is 0 Å². The van der Waals surface area contributed by atoms with E-state index in [1.54, 1.807) is 6.20 Å². The fraction of sp³-hybridized carbons (Fsp3) is 0.444. The topological polar surface area (TPSA) is 41.4 Å². The molecule has 24 heavy (non-hydrogen) atoms. The van der Waals surface area contributed by atoms with Gasteiger partial charge in [-0.25, -0.2) is 0 Å². The van der Waals surface area contributed by atoms with Gasteiger partial charge in [0.2, 0.25) is 5.91 Å². The number of nitrogens with zero attached hydrogens (tertiary/aromatic N) is 4. The molecule has 0 spiro atoms. The van der Waals surface area contributed by atoms with Gasteiger partial charge in [0.15, 0.2) is 0 Å². The van der Waals surface area contributed by atoms with Crippen LogP contribution in [0.25, 0.3) is 0 Å². The summed E-state index contributed by atoms with van der Waals surface area (Å²) >= 11 is 1.87. The van der Waals surface area contributed by atoms with E-state index in [-0.39, 0.29) is 5.91 Å². The Morgan fingerprint density at radius 2 is 2.12 bits per heavy atom. The van der Waals surface area contributed by atoms with Crippen molar-refractivity contribution in [3.63, 3.8) is 0 Å². The molecule has 4 rings (SSSR count). The number of hydrogen-bond donors (Lipinski definition) is 0. The SMILES string of the molecule is C[C@H]1CCN(C(=O)CN2CC(n3cccn3)C2)c2ccccc2S1. The van der Waals surface area contributed by atoms with E-state index < -0.39 is 0 Å². The molecule has 0 unspecified atom stereocenters. The molecule has 0 radical (unpaired) electrons. The Labute approximate surface area is 146 Å². The number of likely N-dealkylation sites (tertiary alicyclic amines) is 1. The van der Waals surface area contributed by atoms with Crippen molar-refractivity contribution in [1.29, 1.82) is 0 Å². The standard InChI is InChI=1S/C18H22N4OS/c1-14-7-10-21(16-5-2-3-6-17(16)24-14)18(23)13-20-11-15(12-20)22-9-4-8-19-22/h2-6,8-9,14-15H,7,10-13H2,1H3/t14-/m0/s1. The summed E-state index contributed by atoms with van der Waals surface area (Å²) in [6.45, 7) is 5.33. The van der Waals surface area contributed by atoms with Crippen LogP contribution in [-0.4, -0.2) is 52.0 Å². The van der Waals surface area contributed by atoms with Gasteiger partial charge in [0.1, 0.15) is 0 Å². The summed E-state index contributed by atoms with van der Waals surface area (Å²) in [6.07, 6.45) is 4.83. The van der Waals surface area contributed by atoms with Crippen LogP contribution >= 0.6 is 11.8 Å². The molecule has 5 nitrogen and oxygen atoms in total. The van der Waals surface area contributed by atoms with Gasteiger partial charge in [-0.3, -0.25) is 14.4 Å². The first-order chi connectivity index (χ1) is 11.7. The lowest BCUT2D eigenvalue weighted by atomic mass is 10.1. The van der Waals surface area contributed by atoms with Crippen LogP contribution < -0.4 is 4.90 Å². The summed E-state index contributed by atoms with van der Waals surface area (Å²) in [6, 6.07) is 10.6. The van der Waals surface area contributed by atoms with E-state index in [0.717, 1.165) is 31.7 Å². The molecule has 126 valence electrons. The van der Waals surface area contributed by atoms with Crippen LogP contribution in [0.2, 0.25) is 0 Å². The fourth-order valence-corrected chi connectivity index (χ4v) is 4.47. The Hall–Kier alpha value is -1.79. The van der Waals surface area contributed by atoms with E-state index in [4.69, 9.17) is 0 Å². The zero-order valence-corrected chi connectivity index (χ0v) is 14.7. The van der Waals surface area contributed by atoms with Gasteiger partial charge < -0.3 is 4.90 Å². The second kappa shape index (κ2) is 6.61. The summed E-state index contributed by atoms with van der Waals surface area (Å²) in [4.78, 5) is 18.3. The number of rotatable bonds is 3. The first-order valence-electron chi connectivity index (χ1n) is 8.48. The maximum atomic E-state index is 12.9. The number of para-hydroxylation sites is 1. The third-order valence-corrected chi connectivity index (χ3v) is 5.98. The Bertz CT molecular complexity index is 712. The van der Waals surface area contributed by atoms with Gasteiger partial charge in [0.05, 0.1) is 18.3 Å². The number of benzene rings is 1. The molecule has 0 bridgehead atoms. The van der Waals surface area contributed by atoms with Crippen LogP contribution in [0.3, 0.4) is 0 Å². The molecule has 2 aromatic rings. The molecule has 6 heteroatoms. The Kier molecular flexibility index (Phi) is 4.33. The molecule has 1 fully saturated rings. The first-order valence-corrected chi connectivity index (χ1v) is 9.36. The monoisotopic (exact) mass is 342 g/mol. The Morgan fingerprint density at radius 1 is 1.29 bits per heavy atom. The van der Waals surface area contributed by atoms with Crippen molar-refractivity contribution in [2.24, 2.45) is 0 Å². The highest BCUT2D eigenvalue weighted by molar-refractivity contribution is 8.00. The summed E-state index contributed by atoms with van der Waals surface area (Å²) in [7, 11) is 0. The van der Waals surface area contributed by atoms with Crippen molar-refractivity contribution in [3.05, 3.63) is 42.7 Å². The molecule has 1 saturated heterocycles. The first kappa shape index (κ1) is 15.7. The lowest BCUT2D eigenvalue weighted by Gasteiger charge is -2.39. The largest absolute Gasteiger partial charge is 0.310 e. The zero-order chi connectivity index (χ0) is 16.5. The summed E-state index contributed by atoms with van der Waals surface area (Å²) < 4.78 is 1.99. The number of hydrogen-bond acceptors (Lipinski definition) is 4. The van der Waals surface area contributed by atoms with Crippen LogP contribution in [0.15, 0.2) is 47.6 Å². The highest BCUT2D eigenvalue weighted by Crippen LogP contribution is 2.37. The predicted molar refractivity (Wildman–Crippen MR) is 96.4 cm³/mol. The molecule has 0 saturated carbocycles. The highest BCUT2D eigenvalue weighted by atomic mass is 32.2. The highest BCUT2D eigenvalue weighted by Gasteiger charge is 2.32. The van der Waals surface area contributed by atoms with E-state index in [0.29, 0.717) is 17.8 Å². The minimum Gasteiger partial charge on any atom is -0.310 e. The van der Waals surface area contributed by atoms with E-state index in [1.165, 1.54) is 4.90 Å². The van der Waals surface area contributed by atoms with Crippen molar-refractivity contribution in [2.75, 3.05) is 31.1 Å². The number of amides is 1. The van der Waals surface area contributed by atoms with Gasteiger partial charge in [-0.2, -0.15) is 5.10 Å². The minimum absolute atomic E-state index is 0.205. The molecule has 2 aliphatic heterocycles. The predicted octanol–water partition coefficient (Wildman–Crippen LogP) is 2.66. The Balaban J connectivity index is 1.42. The summed E-state index contributed by atoms with van der Waals surface area (Å²) in [5.41, 5.74) is 1.07. The molecule has 1 aromatic heterocycles. The van der Waals surface area contributed by atoms with Crippen LogP contribution in [0, 0.1) is 0 Å². The van der Waals surface area contributed by atoms with Crippen LogP contribution in [-0.2, 0) is 4.79 Å². The fourth-order valence-electron chi connectivity index (χ4n) is 3.36. The number of carbonyl (C=O) groups is 1. The number of anilines is 1. The van der Waals surface area contributed by atoms with Gasteiger partial charge in [-0.05, 0) is 24.6 Å². The normalized spacial score (nSPS) is 21.9. The maximum absolute atomic E-state index is 12.9. The van der Waals surface area contributed by atoms with E-state index in [1.807, 2.05) is 39.7 Å². The number of thioether (sulfide) groups is 1. The number of carbonyl (C=O) groups excluding carboxylic acids is 1. The van der Waals surface area contributed by atoms with Gasteiger partial charge >= 0.3 is 0 Å². The number of aromatic nitrogens is 2. The van der Waals surface area contributed by atoms with Gasteiger partial charge in [-0.15, -0.1) is 11.8 Å². The quantitative estimate of drug-likeness (QED) is 0.860. The van der Waals surface area contributed by atoms with Crippen LogP contribution in [0.1, 0.15) is 19.4 Å². The molecule has 3 heterocycles. The molecule has 0 aliphatic carbocycles. The smallest absolute Gasteiger partial charge is 0.241 e. The molecule has 1 atom stereocenters. The molecular weight excluding hydrogens is 320 g/mol. The average Bonchev–Trinajstić information content (AvgIpc) is 3.00. The van der Waals surface area contributed by atoms with E-state index in [9.17, 15) is 4.79 Å². The average molecular weight is 342 g/mol. The lowest BCUT2D eigenvalue weighted by molar-refractivity contribution is -0.121. The third kappa shape index (κ3) is 3.08. The third-order valence-electron chi connectivity index (χ3n) is 4.74.